The van der Waals surface area contributed by atoms with Crippen LogP contribution in [0.2, 0.25) is 5.02 Å². The Morgan fingerprint density at radius 2 is 1.87 bits per heavy atom. The van der Waals surface area contributed by atoms with E-state index in [4.69, 9.17) is 25.2 Å². The minimum absolute atomic E-state index is 0.0323. The van der Waals surface area contributed by atoms with E-state index in [1.807, 2.05) is 6.07 Å². The third kappa shape index (κ3) is 3.74. The Morgan fingerprint density at radius 3 is 2.60 bits per heavy atom. The van der Waals surface area contributed by atoms with Gasteiger partial charge in [0, 0.05) is 17.0 Å². The Balaban J connectivity index is 1.20. The number of rotatable bonds is 5. The molecule has 2 saturated carbocycles. The fraction of sp³-hybridized carbons (Fsp3) is 0.429. The maximum absolute atomic E-state index is 12.5. The molecule has 30 heavy (non-hydrogen) atoms. The molecule has 1 amide bonds. The van der Waals surface area contributed by atoms with E-state index in [-0.39, 0.29) is 34.0 Å². The molecule has 2 fully saturated rings. The highest BCUT2D eigenvalue weighted by molar-refractivity contribution is 7.93. The molecule has 3 aromatic rings. The molecule has 158 valence electrons. The van der Waals surface area contributed by atoms with Gasteiger partial charge in [-0.2, -0.15) is 0 Å². The minimum Gasteiger partial charge on any atom is -0.441 e. The molecule has 0 radical (unpaired) electrons. The maximum Gasteiger partial charge on any atom is 0.287 e. The van der Waals surface area contributed by atoms with Gasteiger partial charge in [0.1, 0.15) is 15.2 Å². The van der Waals surface area contributed by atoms with Crippen LogP contribution in [0.4, 0.5) is 0 Å². The van der Waals surface area contributed by atoms with E-state index in [1.54, 1.807) is 12.1 Å². The molecule has 1 atom stereocenters. The van der Waals surface area contributed by atoms with Crippen LogP contribution in [-0.4, -0.2) is 26.4 Å². The van der Waals surface area contributed by atoms with Gasteiger partial charge in [0.15, 0.2) is 22.3 Å². The van der Waals surface area contributed by atoms with Crippen LogP contribution in [0.3, 0.4) is 0 Å². The number of oxazole rings is 1. The smallest absolute Gasteiger partial charge is 0.287 e. The summed E-state index contributed by atoms with van der Waals surface area (Å²) in [5.74, 6) is 0.722. The molecular weight excluding hydrogens is 426 g/mol. The van der Waals surface area contributed by atoms with Crippen LogP contribution in [-0.2, 0) is 9.73 Å². The summed E-state index contributed by atoms with van der Waals surface area (Å²) in [6.45, 7) is 0. The number of hydrogen-bond donors (Lipinski definition) is 2. The molecule has 0 aliphatic heterocycles. The van der Waals surface area contributed by atoms with E-state index in [9.17, 15) is 9.00 Å². The third-order valence-corrected chi connectivity index (χ3v) is 8.34. The summed E-state index contributed by atoms with van der Waals surface area (Å²) in [5.41, 5.74) is 1.49. The highest BCUT2D eigenvalue weighted by atomic mass is 35.5. The summed E-state index contributed by atoms with van der Waals surface area (Å²) in [5, 5.41) is 3.59. The molecule has 2 aliphatic rings. The molecule has 2 heterocycles. The van der Waals surface area contributed by atoms with Gasteiger partial charge in [-0.3, -0.25) is 4.79 Å². The molecule has 5 rings (SSSR count). The van der Waals surface area contributed by atoms with Crippen molar-refractivity contribution in [3.63, 3.8) is 0 Å². The van der Waals surface area contributed by atoms with E-state index in [0.29, 0.717) is 5.02 Å². The predicted octanol–water partition coefficient (Wildman–Crippen LogP) is 5.10. The Labute approximate surface area is 179 Å². The zero-order valence-corrected chi connectivity index (χ0v) is 17.8. The van der Waals surface area contributed by atoms with E-state index in [1.165, 1.54) is 12.1 Å². The summed E-state index contributed by atoms with van der Waals surface area (Å²) in [6.07, 6.45) is 4.89. The van der Waals surface area contributed by atoms with Gasteiger partial charge in [-0.15, -0.1) is 0 Å². The lowest BCUT2D eigenvalue weighted by molar-refractivity contribution is 0.0891. The van der Waals surface area contributed by atoms with Gasteiger partial charge >= 0.3 is 0 Å². The highest BCUT2D eigenvalue weighted by Gasteiger charge is 2.36. The first-order valence-electron chi connectivity index (χ1n) is 10.1. The predicted molar refractivity (Wildman–Crippen MR) is 112 cm³/mol. The first-order valence-corrected chi connectivity index (χ1v) is 12.1. The number of benzene rings is 1. The summed E-state index contributed by atoms with van der Waals surface area (Å²) in [7, 11) is -2.94. The number of aromatic nitrogens is 1. The molecule has 2 aliphatic carbocycles. The highest BCUT2D eigenvalue weighted by Crippen LogP contribution is 2.36. The molecule has 7 nitrogen and oxygen atoms in total. The van der Waals surface area contributed by atoms with Crippen molar-refractivity contribution in [2.75, 3.05) is 0 Å². The molecule has 9 heteroatoms. The Hall–Kier alpha value is -2.32. The molecule has 0 bridgehead atoms. The number of carbonyl (C=O) groups is 1. The second-order valence-corrected chi connectivity index (χ2v) is 10.8. The molecule has 2 aromatic heterocycles. The summed E-state index contributed by atoms with van der Waals surface area (Å²) in [4.78, 5) is 17.1. The topological polar surface area (TPSA) is 109 Å². The van der Waals surface area contributed by atoms with E-state index < -0.39 is 9.73 Å². The van der Waals surface area contributed by atoms with E-state index in [2.05, 4.69) is 10.3 Å². The van der Waals surface area contributed by atoms with Crippen LogP contribution in [0.1, 0.15) is 60.9 Å². The van der Waals surface area contributed by atoms with Crippen LogP contribution >= 0.6 is 11.6 Å². The van der Waals surface area contributed by atoms with Gasteiger partial charge in [-0.05, 0) is 68.9 Å². The van der Waals surface area contributed by atoms with Crippen molar-refractivity contribution in [3.8, 4) is 0 Å². The summed E-state index contributed by atoms with van der Waals surface area (Å²) < 4.78 is 31.8. The minimum atomic E-state index is -2.94. The monoisotopic (exact) mass is 447 g/mol. The van der Waals surface area contributed by atoms with Crippen molar-refractivity contribution in [2.24, 2.45) is 0 Å². The van der Waals surface area contributed by atoms with Crippen molar-refractivity contribution >= 4 is 38.3 Å². The third-order valence-electron chi connectivity index (χ3n) is 5.88. The molecule has 0 saturated heterocycles. The van der Waals surface area contributed by atoms with Gasteiger partial charge in [0.25, 0.3) is 5.91 Å². The number of nitrogens with zero attached hydrogens (tertiary/aromatic N) is 1. The normalized spacial score (nSPS) is 23.9. The van der Waals surface area contributed by atoms with Crippen LogP contribution < -0.4 is 5.32 Å². The molecular formula is C21H22ClN3O4S. The summed E-state index contributed by atoms with van der Waals surface area (Å²) in [6, 6.07) is 8.46. The Kier molecular flexibility index (Phi) is 4.86. The second-order valence-electron chi connectivity index (χ2n) is 8.10. The van der Waals surface area contributed by atoms with Gasteiger partial charge in [0.05, 0.1) is 5.25 Å². The number of fused-ring (bicyclic) bond motifs is 1. The van der Waals surface area contributed by atoms with E-state index >= 15 is 0 Å². The number of nitrogens with one attached hydrogen (secondary N) is 2. The van der Waals surface area contributed by atoms with E-state index in [0.717, 1.165) is 55.5 Å². The SMILES string of the molecule is N=[S@](=O)(c1ccc(C(=O)NC2CCC(c3nc4cc(Cl)ccc4o3)CC2)o1)C1CC1. The number of halogens is 1. The van der Waals surface area contributed by atoms with Crippen molar-refractivity contribution < 1.29 is 17.8 Å². The van der Waals surface area contributed by atoms with Crippen molar-refractivity contribution in [1.29, 1.82) is 4.78 Å². The molecule has 0 unspecified atom stereocenters. The Bertz CT molecular complexity index is 1200. The number of furan rings is 1. The first-order chi connectivity index (χ1) is 14.4. The standard InChI is InChI=1S/C21H22ClN3O4S/c22-13-3-8-17-16(11-13)25-21(29-17)12-1-4-14(5-2-12)24-20(26)18-9-10-19(28-18)30(23,27)15-6-7-15/h3,8-12,14-15,23H,1-2,4-7H2,(H,24,26)/t12?,14?,30-/m1/s1. The zero-order valence-electron chi connectivity index (χ0n) is 16.2. The van der Waals surface area contributed by atoms with Crippen molar-refractivity contribution in [3.05, 3.63) is 47.0 Å². The average Bonchev–Trinajstić information content (AvgIpc) is 3.32. The summed E-state index contributed by atoms with van der Waals surface area (Å²) >= 11 is 6.02. The van der Waals surface area contributed by atoms with Crippen molar-refractivity contribution in [1.82, 2.24) is 10.3 Å². The van der Waals surface area contributed by atoms with Crippen LogP contribution in [0, 0.1) is 4.78 Å². The lowest BCUT2D eigenvalue weighted by atomic mass is 9.86. The lowest BCUT2D eigenvalue weighted by Gasteiger charge is -2.27. The van der Waals surface area contributed by atoms with Crippen LogP contribution in [0.25, 0.3) is 11.1 Å². The average molecular weight is 448 g/mol. The van der Waals surface area contributed by atoms with Gasteiger partial charge in [-0.25, -0.2) is 14.0 Å². The van der Waals surface area contributed by atoms with Gasteiger partial charge < -0.3 is 14.2 Å². The lowest BCUT2D eigenvalue weighted by Crippen LogP contribution is -2.37. The second kappa shape index (κ2) is 7.42. The van der Waals surface area contributed by atoms with Gasteiger partial charge in [-0.1, -0.05) is 11.6 Å². The Morgan fingerprint density at radius 1 is 1.10 bits per heavy atom. The van der Waals surface area contributed by atoms with Crippen molar-refractivity contribution in [2.45, 2.75) is 60.8 Å². The molecule has 1 aromatic carbocycles. The largest absolute Gasteiger partial charge is 0.441 e. The molecule has 2 N–H and O–H groups in total. The molecule has 0 spiro atoms. The first kappa shape index (κ1) is 19.6. The zero-order chi connectivity index (χ0) is 20.9. The van der Waals surface area contributed by atoms with Crippen LogP contribution in [0.15, 0.2) is 44.3 Å². The number of amides is 1. The number of carbonyl (C=O) groups excluding carboxylic acids is 1. The number of hydrogen-bond acceptors (Lipinski definition) is 6. The van der Waals surface area contributed by atoms with Gasteiger partial charge in [0.2, 0.25) is 0 Å². The maximum atomic E-state index is 12.5. The quantitative estimate of drug-likeness (QED) is 0.565. The van der Waals surface area contributed by atoms with Crippen LogP contribution in [0.5, 0.6) is 0 Å². The fourth-order valence-corrected chi connectivity index (χ4v) is 5.78. The fourth-order valence-electron chi connectivity index (χ4n) is 4.00.